The monoisotopic (exact) mass is 493 g/mol. The molecule has 0 bridgehead atoms. The molecule has 178 valence electrons. The third kappa shape index (κ3) is 4.70. The highest BCUT2D eigenvalue weighted by molar-refractivity contribution is 7.92. The van der Waals surface area contributed by atoms with Crippen LogP contribution in [0.3, 0.4) is 0 Å². The van der Waals surface area contributed by atoms with Crippen LogP contribution in [0.15, 0.2) is 60.1 Å². The maximum absolute atomic E-state index is 12.8. The molecule has 1 aromatic carbocycles. The normalized spacial score (nSPS) is 16.5. The number of carbonyl (C=O) groups excluding carboxylic acids is 1. The molecule has 0 aliphatic carbocycles. The summed E-state index contributed by atoms with van der Waals surface area (Å²) in [6.45, 7) is 0.958. The number of β-amino-alcohol motifs (C(OH)–C–C–N with tert-alkyl or cyclic N) is 1. The van der Waals surface area contributed by atoms with Crippen molar-refractivity contribution >= 4 is 27.2 Å². The Morgan fingerprint density at radius 2 is 1.79 bits per heavy atom. The molecule has 0 spiro atoms. The Bertz CT molecular complexity index is 1300. The highest BCUT2D eigenvalue weighted by Crippen LogP contribution is 2.32. The van der Waals surface area contributed by atoms with Crippen LogP contribution in [0.2, 0.25) is 0 Å². The van der Waals surface area contributed by atoms with Crippen molar-refractivity contribution in [3.05, 3.63) is 60.8 Å². The molecule has 34 heavy (non-hydrogen) atoms. The molecule has 2 N–H and O–H groups in total. The minimum Gasteiger partial charge on any atom is -0.391 e. The fourth-order valence-electron chi connectivity index (χ4n) is 3.47. The van der Waals surface area contributed by atoms with Gasteiger partial charge in [-0.05, 0) is 36.8 Å². The highest BCUT2D eigenvalue weighted by atomic mass is 32.2. The molecule has 4 rings (SSSR count). The number of benzene rings is 1. The average Bonchev–Trinajstić information content (AvgIpc) is 3.25. The van der Waals surface area contributed by atoms with Crippen LogP contribution in [0.25, 0.3) is 11.1 Å². The number of sulfone groups is 1. The van der Waals surface area contributed by atoms with Crippen molar-refractivity contribution in [2.24, 2.45) is 0 Å². The van der Waals surface area contributed by atoms with Crippen LogP contribution in [0.5, 0.6) is 0 Å². The first kappa shape index (κ1) is 23.6. The van der Waals surface area contributed by atoms with Gasteiger partial charge in [0.2, 0.25) is 0 Å². The van der Waals surface area contributed by atoms with Crippen molar-refractivity contribution < 1.29 is 31.5 Å². The largest absolute Gasteiger partial charge is 0.501 e. The van der Waals surface area contributed by atoms with Gasteiger partial charge in [-0.2, -0.15) is 13.2 Å². The maximum atomic E-state index is 12.8. The molecular formula is C21H18F3N5O4S. The minimum absolute atomic E-state index is 0.0995. The number of rotatable bonds is 5. The number of nitrogens with one attached hydrogen (secondary N) is 1. The zero-order valence-electron chi connectivity index (χ0n) is 17.4. The second kappa shape index (κ2) is 8.99. The van der Waals surface area contributed by atoms with E-state index in [1.807, 2.05) is 4.90 Å². The summed E-state index contributed by atoms with van der Waals surface area (Å²) in [5.41, 5.74) is -4.01. The molecule has 1 aliphatic heterocycles. The summed E-state index contributed by atoms with van der Waals surface area (Å²) in [7, 11) is -5.48. The third-order valence-electron chi connectivity index (χ3n) is 5.19. The first-order valence-corrected chi connectivity index (χ1v) is 11.5. The lowest BCUT2D eigenvalue weighted by atomic mass is 10.1. The molecule has 0 unspecified atom stereocenters. The highest BCUT2D eigenvalue weighted by Gasteiger charge is 2.46. The van der Waals surface area contributed by atoms with Crippen LogP contribution in [-0.4, -0.2) is 59.1 Å². The molecular weight excluding hydrogens is 475 g/mol. The molecule has 1 aliphatic rings. The molecule has 3 heterocycles. The predicted octanol–water partition coefficient (Wildman–Crippen LogP) is 2.66. The lowest BCUT2D eigenvalue weighted by Gasteiger charge is -2.20. The zero-order valence-corrected chi connectivity index (χ0v) is 18.2. The van der Waals surface area contributed by atoms with E-state index in [9.17, 15) is 31.5 Å². The van der Waals surface area contributed by atoms with Gasteiger partial charge in [-0.1, -0.05) is 0 Å². The SMILES string of the molecule is O=C(Nc1ccc(S(=O)(=O)C(F)(F)F)cc1)c1cnc(N2CC[C@@H](O)C2)c(-c2cncnc2)c1. The van der Waals surface area contributed by atoms with Gasteiger partial charge >= 0.3 is 5.51 Å². The Kier molecular flexibility index (Phi) is 6.23. The number of hydrogen-bond donors (Lipinski definition) is 2. The average molecular weight is 493 g/mol. The third-order valence-corrected chi connectivity index (χ3v) is 6.69. The van der Waals surface area contributed by atoms with Crippen molar-refractivity contribution in [2.75, 3.05) is 23.3 Å². The molecule has 3 aromatic rings. The number of hydrogen-bond acceptors (Lipinski definition) is 8. The number of halogens is 3. The van der Waals surface area contributed by atoms with Gasteiger partial charge in [0.25, 0.3) is 15.7 Å². The number of aliphatic hydroxyl groups excluding tert-OH is 1. The van der Waals surface area contributed by atoms with E-state index in [2.05, 4.69) is 20.3 Å². The second-order valence-corrected chi connectivity index (χ2v) is 9.48. The maximum Gasteiger partial charge on any atom is 0.501 e. The lowest BCUT2D eigenvalue weighted by molar-refractivity contribution is -0.0436. The van der Waals surface area contributed by atoms with Crippen LogP contribution < -0.4 is 10.2 Å². The Hall–Kier alpha value is -3.58. The Morgan fingerprint density at radius 1 is 1.12 bits per heavy atom. The summed E-state index contributed by atoms with van der Waals surface area (Å²) in [6.07, 6.45) is 5.90. The lowest BCUT2D eigenvalue weighted by Crippen LogP contribution is -2.23. The number of aliphatic hydroxyl groups is 1. The summed E-state index contributed by atoms with van der Waals surface area (Å²) >= 11 is 0. The Labute approximate surface area is 192 Å². The zero-order chi connectivity index (χ0) is 24.5. The minimum atomic E-state index is -5.48. The van der Waals surface area contributed by atoms with Crippen molar-refractivity contribution in [3.8, 4) is 11.1 Å². The smallest absolute Gasteiger partial charge is 0.391 e. The summed E-state index contributed by atoms with van der Waals surface area (Å²) < 4.78 is 61.1. The molecule has 1 fully saturated rings. The van der Waals surface area contributed by atoms with E-state index in [-0.39, 0.29) is 11.3 Å². The topological polar surface area (TPSA) is 125 Å². The Morgan fingerprint density at radius 3 is 2.38 bits per heavy atom. The summed E-state index contributed by atoms with van der Waals surface area (Å²) in [5, 5.41) is 12.4. The van der Waals surface area contributed by atoms with E-state index >= 15 is 0 Å². The van der Waals surface area contributed by atoms with Gasteiger partial charge < -0.3 is 15.3 Å². The van der Waals surface area contributed by atoms with Crippen LogP contribution in [0.1, 0.15) is 16.8 Å². The molecule has 1 saturated heterocycles. The van der Waals surface area contributed by atoms with Gasteiger partial charge in [-0.25, -0.2) is 23.4 Å². The van der Waals surface area contributed by atoms with Gasteiger partial charge in [0.05, 0.1) is 16.6 Å². The van der Waals surface area contributed by atoms with Crippen molar-refractivity contribution in [1.29, 1.82) is 0 Å². The van der Waals surface area contributed by atoms with Gasteiger partial charge in [-0.3, -0.25) is 4.79 Å². The standard InChI is InChI=1S/C21H18F3N5O4S/c22-21(23,24)34(32,33)17-3-1-15(2-4-17)28-20(31)13-7-18(14-8-25-12-26-9-14)19(27-10-13)29-6-5-16(30)11-29/h1-4,7-10,12,16,30H,5-6,11H2,(H,28,31)/t16-/m1/s1. The van der Waals surface area contributed by atoms with E-state index < -0.39 is 32.3 Å². The van der Waals surface area contributed by atoms with Gasteiger partial charge in [0.15, 0.2) is 0 Å². The fraction of sp³-hybridized carbons (Fsp3) is 0.238. The molecule has 1 amide bonds. The summed E-state index contributed by atoms with van der Waals surface area (Å²) in [4.78, 5) is 26.1. The van der Waals surface area contributed by atoms with Crippen molar-refractivity contribution in [2.45, 2.75) is 22.9 Å². The second-order valence-electron chi connectivity index (χ2n) is 7.54. The number of aromatic nitrogens is 3. The van der Waals surface area contributed by atoms with Crippen LogP contribution >= 0.6 is 0 Å². The summed E-state index contributed by atoms with van der Waals surface area (Å²) in [5.74, 6) is -0.0605. The molecule has 9 nitrogen and oxygen atoms in total. The fourth-order valence-corrected chi connectivity index (χ4v) is 4.23. The first-order valence-electron chi connectivity index (χ1n) is 9.97. The number of alkyl halides is 3. The van der Waals surface area contributed by atoms with E-state index in [4.69, 9.17) is 0 Å². The van der Waals surface area contributed by atoms with Crippen LogP contribution in [-0.2, 0) is 9.84 Å². The molecule has 0 saturated carbocycles. The number of amides is 1. The van der Waals surface area contributed by atoms with E-state index in [0.29, 0.717) is 36.5 Å². The van der Waals surface area contributed by atoms with Crippen molar-refractivity contribution in [1.82, 2.24) is 15.0 Å². The molecule has 0 radical (unpaired) electrons. The molecule has 1 atom stereocenters. The number of carbonyl (C=O) groups is 1. The number of pyridine rings is 1. The van der Waals surface area contributed by atoms with E-state index in [1.54, 1.807) is 18.5 Å². The number of nitrogens with zero attached hydrogens (tertiary/aromatic N) is 4. The first-order chi connectivity index (χ1) is 16.1. The van der Waals surface area contributed by atoms with E-state index in [1.165, 1.54) is 12.5 Å². The van der Waals surface area contributed by atoms with Crippen LogP contribution in [0, 0.1) is 0 Å². The molecule has 2 aromatic heterocycles. The predicted molar refractivity (Wildman–Crippen MR) is 116 cm³/mol. The van der Waals surface area contributed by atoms with Crippen LogP contribution in [0.4, 0.5) is 24.7 Å². The van der Waals surface area contributed by atoms with Gasteiger partial charge in [0, 0.05) is 48.5 Å². The molecule has 13 heteroatoms. The number of anilines is 2. The van der Waals surface area contributed by atoms with E-state index in [0.717, 1.165) is 24.3 Å². The Balaban J connectivity index is 1.60. The van der Waals surface area contributed by atoms with Gasteiger partial charge in [0.1, 0.15) is 12.1 Å². The summed E-state index contributed by atoms with van der Waals surface area (Å²) in [6, 6.07) is 5.24. The van der Waals surface area contributed by atoms with Gasteiger partial charge in [-0.15, -0.1) is 0 Å². The quantitative estimate of drug-likeness (QED) is 0.556. The van der Waals surface area contributed by atoms with Crippen molar-refractivity contribution in [3.63, 3.8) is 0 Å².